The fourth-order valence-corrected chi connectivity index (χ4v) is 1.54. The van der Waals surface area contributed by atoms with E-state index in [-0.39, 0.29) is 23.9 Å². The van der Waals surface area contributed by atoms with Gasteiger partial charge in [-0.15, -0.1) is 0 Å². The Hall–Kier alpha value is -1.81. The zero-order valence-electron chi connectivity index (χ0n) is 12.3. The molecule has 1 aliphatic heterocycles. The first-order valence-electron chi connectivity index (χ1n) is 6.57. The highest BCUT2D eigenvalue weighted by Gasteiger charge is 2.59. The lowest BCUT2D eigenvalue weighted by atomic mass is 10.2. The minimum Gasteiger partial charge on any atom is -0.594 e. The minimum atomic E-state index is -2.09. The summed E-state index contributed by atoms with van der Waals surface area (Å²) in [6, 6.07) is 0. The maximum absolute atomic E-state index is 11.9. The molecule has 0 spiro atoms. The molecule has 0 aromatic heterocycles. The number of hydrogen-bond acceptors (Lipinski definition) is 7. The van der Waals surface area contributed by atoms with Gasteiger partial charge in [0, 0.05) is 13.0 Å². The zero-order chi connectivity index (χ0) is 16.1. The van der Waals surface area contributed by atoms with Crippen LogP contribution in [-0.2, 0) is 14.3 Å². The van der Waals surface area contributed by atoms with Crippen molar-refractivity contribution in [3.63, 3.8) is 0 Å². The lowest BCUT2D eigenvalue weighted by molar-refractivity contribution is -0.827. The molecule has 21 heavy (non-hydrogen) atoms. The van der Waals surface area contributed by atoms with Gasteiger partial charge in [0.25, 0.3) is 0 Å². The highest BCUT2D eigenvalue weighted by Crippen LogP contribution is 2.26. The Morgan fingerprint density at radius 3 is 2.38 bits per heavy atom. The second-order valence-electron chi connectivity index (χ2n) is 5.06. The third-order valence-electron chi connectivity index (χ3n) is 2.98. The fourth-order valence-electron chi connectivity index (χ4n) is 1.54. The number of nitro groups is 1. The average Bonchev–Trinajstić information content (AvgIpc) is 2.43. The third kappa shape index (κ3) is 4.33. The summed E-state index contributed by atoms with van der Waals surface area (Å²) >= 11 is 0. The van der Waals surface area contributed by atoms with Crippen molar-refractivity contribution >= 4 is 5.91 Å². The minimum absolute atomic E-state index is 0.000339. The van der Waals surface area contributed by atoms with E-state index in [2.05, 4.69) is 10.4 Å². The molecular formula is C11H20N4O6. The molecule has 0 atom stereocenters. The summed E-state index contributed by atoms with van der Waals surface area (Å²) < 4.78 is 10.4. The monoisotopic (exact) mass is 304 g/mol. The van der Waals surface area contributed by atoms with Crippen LogP contribution in [0, 0.1) is 15.3 Å². The number of nitrogens with zero attached hydrogens (tertiary/aromatic N) is 3. The Balaban J connectivity index is 2.68. The van der Waals surface area contributed by atoms with Crippen LogP contribution in [0.2, 0.25) is 0 Å². The Morgan fingerprint density at radius 1 is 1.33 bits per heavy atom. The van der Waals surface area contributed by atoms with Crippen molar-refractivity contribution in [3.8, 4) is 0 Å². The van der Waals surface area contributed by atoms with Crippen LogP contribution in [0.1, 0.15) is 27.2 Å². The van der Waals surface area contributed by atoms with Gasteiger partial charge in [0.2, 0.25) is 5.91 Å². The number of rotatable bonds is 6. The summed E-state index contributed by atoms with van der Waals surface area (Å²) in [4.78, 5) is 21.4. The quantitative estimate of drug-likeness (QED) is 0.187. The van der Waals surface area contributed by atoms with Crippen molar-refractivity contribution in [3.05, 3.63) is 15.3 Å². The van der Waals surface area contributed by atoms with E-state index in [9.17, 15) is 20.1 Å². The molecule has 0 aromatic rings. The molecule has 0 aliphatic carbocycles. The van der Waals surface area contributed by atoms with Gasteiger partial charge in [-0.1, -0.05) is 6.92 Å². The molecule has 1 amide bonds. The van der Waals surface area contributed by atoms with Gasteiger partial charge in [0.15, 0.2) is 19.0 Å². The van der Waals surface area contributed by atoms with Crippen molar-refractivity contribution in [1.82, 2.24) is 5.32 Å². The van der Waals surface area contributed by atoms with Gasteiger partial charge < -0.3 is 20.0 Å². The molecule has 0 radical (unpaired) electrons. The lowest BCUT2D eigenvalue weighted by Gasteiger charge is -2.34. The van der Waals surface area contributed by atoms with E-state index in [0.29, 0.717) is 6.42 Å². The number of hydrogen-bond donors (Lipinski definition) is 1. The molecule has 10 nitrogen and oxygen atoms in total. The average molecular weight is 304 g/mol. The van der Waals surface area contributed by atoms with E-state index >= 15 is 0 Å². The number of nitrogens with one attached hydrogen (secondary N) is 1. The van der Waals surface area contributed by atoms with Gasteiger partial charge in [-0.05, 0) is 23.8 Å². The Kier molecular flexibility index (Phi) is 5.55. The van der Waals surface area contributed by atoms with Gasteiger partial charge in [0.1, 0.15) is 11.5 Å². The van der Waals surface area contributed by atoms with Gasteiger partial charge in [-0.25, -0.2) is 0 Å². The van der Waals surface area contributed by atoms with Crippen LogP contribution in [0.25, 0.3) is 0 Å². The van der Waals surface area contributed by atoms with E-state index < -0.39 is 29.6 Å². The summed E-state index contributed by atoms with van der Waals surface area (Å²) in [5.41, 5.74) is -2.09. The highest BCUT2D eigenvalue weighted by molar-refractivity contribution is 5.75. The summed E-state index contributed by atoms with van der Waals surface area (Å²) in [7, 11) is 0. The topological polar surface area (TPSA) is 129 Å². The number of ether oxygens (including phenoxy) is 2. The summed E-state index contributed by atoms with van der Waals surface area (Å²) in [5, 5.41) is 29.2. The van der Waals surface area contributed by atoms with Crippen LogP contribution in [0.3, 0.4) is 0 Å². The molecule has 1 heterocycles. The van der Waals surface area contributed by atoms with Gasteiger partial charge in [0.05, 0.1) is 0 Å². The Bertz CT molecular complexity index is 426. The summed E-state index contributed by atoms with van der Waals surface area (Å²) in [5.74, 6) is -1.16. The molecule has 1 N–H and O–H groups in total. The number of carbonyl (C=O) groups is 1. The predicted molar refractivity (Wildman–Crippen MR) is 69.9 cm³/mol. The second kappa shape index (κ2) is 6.76. The molecule has 1 fully saturated rings. The second-order valence-corrected chi connectivity index (χ2v) is 5.06. The molecule has 0 unspecified atom stereocenters. The zero-order valence-corrected chi connectivity index (χ0v) is 12.3. The van der Waals surface area contributed by atoms with E-state index in [1.165, 1.54) is 0 Å². The maximum Gasteiger partial charge on any atom is 0.483 e. The molecule has 10 heteroatoms. The predicted octanol–water partition coefficient (Wildman–Crippen LogP) is 0.231. The molecule has 0 bridgehead atoms. The first-order valence-corrected chi connectivity index (χ1v) is 6.57. The molecule has 120 valence electrons. The van der Waals surface area contributed by atoms with Crippen molar-refractivity contribution in [2.75, 3.05) is 26.3 Å². The largest absolute Gasteiger partial charge is 0.594 e. The lowest BCUT2D eigenvalue weighted by Crippen LogP contribution is -2.60. The molecule has 1 aliphatic rings. The maximum atomic E-state index is 11.9. The van der Waals surface area contributed by atoms with Gasteiger partial charge in [-0.2, -0.15) is 0 Å². The van der Waals surface area contributed by atoms with Crippen molar-refractivity contribution in [2.24, 2.45) is 5.11 Å². The van der Waals surface area contributed by atoms with Crippen LogP contribution < -0.4 is 5.32 Å². The van der Waals surface area contributed by atoms with Crippen LogP contribution in [0.5, 0.6) is 0 Å². The molecule has 0 saturated carbocycles. The molecular weight excluding hydrogens is 284 g/mol. The first kappa shape index (κ1) is 17.2. The number of amides is 1. The Labute approximate surface area is 121 Å². The van der Waals surface area contributed by atoms with Crippen LogP contribution in [-0.4, -0.2) is 53.4 Å². The standard InChI is InChI=1S/C11H20N4O6/c1-4-9(16)12-5-6-13-14(17)11(15(18)19)7-20-10(2,3)21-8-11/h4-8H2,1-3H3,(H,12,16). The molecule has 1 rings (SSSR count). The van der Waals surface area contributed by atoms with Crippen LogP contribution in [0.4, 0.5) is 0 Å². The van der Waals surface area contributed by atoms with Gasteiger partial charge >= 0.3 is 5.66 Å². The highest BCUT2D eigenvalue weighted by atomic mass is 16.7. The van der Waals surface area contributed by atoms with E-state index in [0.717, 1.165) is 0 Å². The first-order chi connectivity index (χ1) is 9.73. The third-order valence-corrected chi connectivity index (χ3v) is 2.98. The van der Waals surface area contributed by atoms with E-state index in [1.54, 1.807) is 20.8 Å². The van der Waals surface area contributed by atoms with E-state index in [4.69, 9.17) is 9.47 Å². The summed E-state index contributed by atoms with van der Waals surface area (Å²) in [6.07, 6.45) is 0.316. The van der Waals surface area contributed by atoms with Crippen molar-refractivity contribution in [1.29, 1.82) is 0 Å². The van der Waals surface area contributed by atoms with Crippen molar-refractivity contribution in [2.45, 2.75) is 38.6 Å². The smallest absolute Gasteiger partial charge is 0.483 e. The SMILES string of the molecule is CCC(=O)NCCN=[N+]([O-])C1([N+](=O)[O-])COC(C)(C)OC1. The van der Waals surface area contributed by atoms with E-state index in [1.807, 2.05) is 0 Å². The normalized spacial score (nSPS) is 20.8. The summed E-state index contributed by atoms with van der Waals surface area (Å²) in [6.45, 7) is 4.10. The fraction of sp³-hybridized carbons (Fsp3) is 0.909. The van der Waals surface area contributed by atoms with Crippen LogP contribution in [0.15, 0.2) is 5.11 Å². The van der Waals surface area contributed by atoms with Gasteiger partial charge in [-0.3, -0.25) is 14.9 Å². The molecule has 1 saturated heterocycles. The van der Waals surface area contributed by atoms with Crippen LogP contribution >= 0.6 is 0 Å². The molecule has 0 aromatic carbocycles. The van der Waals surface area contributed by atoms with Crippen molar-refractivity contribution < 1.29 is 24.1 Å². The number of hydroxylamine groups is 1. The number of carbonyl (C=O) groups excluding carboxylic acids is 1. The Morgan fingerprint density at radius 2 is 1.90 bits per heavy atom. The number of azo groups is 1.